The molecule has 1 heterocycles. The van der Waals surface area contributed by atoms with Crippen molar-refractivity contribution in [1.29, 1.82) is 0 Å². The van der Waals surface area contributed by atoms with Gasteiger partial charge in [0.15, 0.2) is 0 Å². The number of rotatable bonds is 6. The lowest BCUT2D eigenvalue weighted by molar-refractivity contribution is -0.132. The van der Waals surface area contributed by atoms with E-state index in [4.69, 9.17) is 10.5 Å². The Morgan fingerprint density at radius 1 is 1.28 bits per heavy atom. The monoisotopic (exact) mass is 347 g/mol. The first-order valence-corrected chi connectivity index (χ1v) is 8.99. The predicted octanol–water partition coefficient (Wildman–Crippen LogP) is 2.37. The minimum Gasteiger partial charge on any atom is -0.445 e. The van der Waals surface area contributed by atoms with E-state index in [1.54, 1.807) is 9.80 Å². The molecule has 1 aliphatic heterocycles. The van der Waals surface area contributed by atoms with E-state index in [1.165, 1.54) is 0 Å². The van der Waals surface area contributed by atoms with Gasteiger partial charge in [-0.25, -0.2) is 4.79 Å². The third kappa shape index (κ3) is 5.46. The molecule has 25 heavy (non-hydrogen) atoms. The van der Waals surface area contributed by atoms with Crippen molar-refractivity contribution in [3.63, 3.8) is 0 Å². The zero-order valence-corrected chi connectivity index (χ0v) is 15.2. The maximum absolute atomic E-state index is 12.5. The molecule has 0 radical (unpaired) electrons. The van der Waals surface area contributed by atoms with Crippen LogP contribution in [0.1, 0.15) is 38.7 Å². The van der Waals surface area contributed by atoms with Crippen LogP contribution in [-0.4, -0.2) is 53.5 Å². The Balaban J connectivity index is 1.98. The number of nitrogens with two attached hydrogens (primary N) is 1. The summed E-state index contributed by atoms with van der Waals surface area (Å²) in [6.07, 6.45) is 2.58. The van der Waals surface area contributed by atoms with Crippen LogP contribution in [0.4, 0.5) is 4.79 Å². The van der Waals surface area contributed by atoms with E-state index in [9.17, 15) is 9.59 Å². The molecule has 0 aromatic heterocycles. The van der Waals surface area contributed by atoms with E-state index in [-0.39, 0.29) is 37.2 Å². The summed E-state index contributed by atoms with van der Waals surface area (Å²) in [4.78, 5) is 28.2. The van der Waals surface area contributed by atoms with Crippen molar-refractivity contribution in [3.05, 3.63) is 35.9 Å². The average Bonchev–Trinajstić information content (AvgIpc) is 2.64. The summed E-state index contributed by atoms with van der Waals surface area (Å²) in [7, 11) is 0. The van der Waals surface area contributed by atoms with Gasteiger partial charge in [0.2, 0.25) is 5.91 Å². The number of nitrogens with zero attached hydrogens (tertiary/aromatic N) is 2. The largest absolute Gasteiger partial charge is 0.445 e. The Hall–Kier alpha value is -2.08. The first kappa shape index (κ1) is 19.2. The molecule has 0 saturated carbocycles. The normalized spacial score (nSPS) is 17.4. The van der Waals surface area contributed by atoms with Crippen molar-refractivity contribution in [3.8, 4) is 0 Å². The highest BCUT2D eigenvalue weighted by atomic mass is 16.6. The second kappa shape index (κ2) is 9.42. The highest BCUT2D eigenvalue weighted by molar-refractivity contribution is 5.78. The van der Waals surface area contributed by atoms with Crippen LogP contribution in [0.3, 0.4) is 0 Å². The van der Waals surface area contributed by atoms with Crippen LogP contribution in [-0.2, 0) is 16.1 Å². The molecular weight excluding hydrogens is 318 g/mol. The molecule has 0 spiro atoms. The Kier molecular flexibility index (Phi) is 7.25. The molecule has 1 saturated heterocycles. The lowest BCUT2D eigenvalue weighted by Crippen LogP contribution is -2.53. The maximum atomic E-state index is 12.5. The SMILES string of the molecule is CC(C)N(CC1CCCCN1C(=O)OCc1ccccc1)C(=O)CN. The Bertz CT molecular complexity index is 562. The number of amides is 2. The lowest BCUT2D eigenvalue weighted by atomic mass is 10.0. The lowest BCUT2D eigenvalue weighted by Gasteiger charge is -2.39. The van der Waals surface area contributed by atoms with E-state index in [2.05, 4.69) is 0 Å². The summed E-state index contributed by atoms with van der Waals surface area (Å²) >= 11 is 0. The number of ether oxygens (including phenoxy) is 1. The van der Waals surface area contributed by atoms with Gasteiger partial charge in [0.25, 0.3) is 0 Å². The summed E-state index contributed by atoms with van der Waals surface area (Å²) in [5.41, 5.74) is 6.49. The van der Waals surface area contributed by atoms with Gasteiger partial charge >= 0.3 is 6.09 Å². The smallest absolute Gasteiger partial charge is 0.410 e. The molecule has 0 bridgehead atoms. The Morgan fingerprint density at radius 2 is 2.00 bits per heavy atom. The maximum Gasteiger partial charge on any atom is 0.410 e. The predicted molar refractivity (Wildman–Crippen MR) is 96.9 cm³/mol. The van der Waals surface area contributed by atoms with Gasteiger partial charge in [-0.05, 0) is 38.7 Å². The van der Waals surface area contributed by atoms with Gasteiger partial charge in [0, 0.05) is 19.1 Å². The van der Waals surface area contributed by atoms with Crippen molar-refractivity contribution in [2.24, 2.45) is 5.73 Å². The number of carbonyl (C=O) groups is 2. The molecular formula is C19H29N3O3. The second-order valence-corrected chi connectivity index (χ2v) is 6.73. The first-order chi connectivity index (χ1) is 12.0. The van der Waals surface area contributed by atoms with E-state index >= 15 is 0 Å². The molecule has 1 aliphatic rings. The first-order valence-electron chi connectivity index (χ1n) is 8.99. The van der Waals surface area contributed by atoms with Crippen LogP contribution in [0.5, 0.6) is 0 Å². The van der Waals surface area contributed by atoms with Crippen LogP contribution >= 0.6 is 0 Å². The number of likely N-dealkylation sites (tertiary alicyclic amines) is 1. The minimum atomic E-state index is -0.308. The van der Waals surface area contributed by atoms with Gasteiger partial charge in [-0.1, -0.05) is 30.3 Å². The van der Waals surface area contributed by atoms with Crippen LogP contribution in [0.15, 0.2) is 30.3 Å². The zero-order chi connectivity index (χ0) is 18.2. The molecule has 6 nitrogen and oxygen atoms in total. The van der Waals surface area contributed by atoms with Gasteiger partial charge in [0.1, 0.15) is 6.61 Å². The molecule has 1 atom stereocenters. The van der Waals surface area contributed by atoms with Gasteiger partial charge in [-0.3, -0.25) is 4.79 Å². The van der Waals surface area contributed by atoms with Gasteiger partial charge < -0.3 is 20.3 Å². The fourth-order valence-corrected chi connectivity index (χ4v) is 3.18. The second-order valence-electron chi connectivity index (χ2n) is 6.73. The third-order valence-electron chi connectivity index (χ3n) is 4.59. The molecule has 1 unspecified atom stereocenters. The van der Waals surface area contributed by atoms with E-state index in [0.717, 1.165) is 24.8 Å². The molecule has 0 aliphatic carbocycles. The summed E-state index contributed by atoms with van der Waals surface area (Å²) < 4.78 is 5.49. The number of hydrogen-bond acceptors (Lipinski definition) is 4. The van der Waals surface area contributed by atoms with Gasteiger partial charge in [0.05, 0.1) is 12.6 Å². The highest BCUT2D eigenvalue weighted by Gasteiger charge is 2.31. The van der Waals surface area contributed by atoms with Crippen LogP contribution in [0.2, 0.25) is 0 Å². The van der Waals surface area contributed by atoms with Gasteiger partial charge in [-0.15, -0.1) is 0 Å². The number of benzene rings is 1. The Labute approximate surface area is 149 Å². The van der Waals surface area contributed by atoms with Crippen molar-refractivity contribution in [2.45, 2.75) is 51.8 Å². The zero-order valence-electron chi connectivity index (χ0n) is 15.2. The standard InChI is InChI=1S/C19H29N3O3/c1-15(2)22(18(23)12-20)13-17-10-6-7-11-21(17)19(24)25-14-16-8-4-3-5-9-16/h3-5,8-9,15,17H,6-7,10-14,20H2,1-2H3. The topological polar surface area (TPSA) is 75.9 Å². The minimum absolute atomic E-state index is 0.0106. The van der Waals surface area contributed by atoms with E-state index in [0.29, 0.717) is 13.1 Å². The molecule has 2 rings (SSSR count). The van der Waals surface area contributed by atoms with E-state index < -0.39 is 0 Å². The van der Waals surface area contributed by atoms with Crippen molar-refractivity contribution < 1.29 is 14.3 Å². The highest BCUT2D eigenvalue weighted by Crippen LogP contribution is 2.20. The van der Waals surface area contributed by atoms with Crippen LogP contribution in [0.25, 0.3) is 0 Å². The molecule has 1 aromatic rings. The summed E-state index contributed by atoms with van der Waals surface area (Å²) in [5.74, 6) is -0.0850. The molecule has 1 fully saturated rings. The summed E-state index contributed by atoms with van der Waals surface area (Å²) in [5, 5.41) is 0. The number of carbonyl (C=O) groups excluding carboxylic acids is 2. The van der Waals surface area contributed by atoms with Crippen molar-refractivity contribution >= 4 is 12.0 Å². The van der Waals surface area contributed by atoms with Crippen LogP contribution in [0, 0.1) is 0 Å². The summed E-state index contributed by atoms with van der Waals surface area (Å²) in [6, 6.07) is 9.68. The fraction of sp³-hybridized carbons (Fsp3) is 0.579. The average molecular weight is 347 g/mol. The van der Waals surface area contributed by atoms with Crippen molar-refractivity contribution in [1.82, 2.24) is 9.80 Å². The molecule has 138 valence electrons. The molecule has 2 N–H and O–H groups in total. The summed E-state index contributed by atoms with van der Waals surface area (Å²) in [6.45, 7) is 5.36. The quantitative estimate of drug-likeness (QED) is 0.857. The number of piperidine rings is 1. The van der Waals surface area contributed by atoms with Crippen LogP contribution < -0.4 is 5.73 Å². The number of hydrogen-bond donors (Lipinski definition) is 1. The van der Waals surface area contributed by atoms with Crippen molar-refractivity contribution in [2.75, 3.05) is 19.6 Å². The molecule has 2 amide bonds. The van der Waals surface area contributed by atoms with E-state index in [1.807, 2.05) is 44.2 Å². The Morgan fingerprint density at radius 3 is 2.64 bits per heavy atom. The van der Waals surface area contributed by atoms with Gasteiger partial charge in [-0.2, -0.15) is 0 Å². The molecule has 6 heteroatoms. The fourth-order valence-electron chi connectivity index (χ4n) is 3.18. The third-order valence-corrected chi connectivity index (χ3v) is 4.59. The molecule has 1 aromatic carbocycles.